The van der Waals surface area contributed by atoms with Crippen LogP contribution in [0.15, 0.2) is 12.2 Å². The van der Waals surface area contributed by atoms with Gasteiger partial charge in [0, 0.05) is 0 Å². The van der Waals surface area contributed by atoms with Crippen LogP contribution < -0.4 is 0 Å². The van der Waals surface area contributed by atoms with E-state index in [9.17, 15) is 9.59 Å². The minimum Gasteiger partial charge on any atom is -0.469 e. The Balaban J connectivity index is 2.71. The number of carbonyl (C=O) groups is 2. The smallest absolute Gasteiger partial charge is 0.314 e. The van der Waals surface area contributed by atoms with Crippen molar-refractivity contribution in [3.63, 3.8) is 0 Å². The van der Waals surface area contributed by atoms with Crippen LogP contribution in [0.25, 0.3) is 0 Å². The fraction of sp³-hybridized carbons (Fsp3) is 0.600. The third kappa shape index (κ3) is 2.72. The molecule has 0 bridgehead atoms. The van der Waals surface area contributed by atoms with Gasteiger partial charge in [0.1, 0.15) is 0 Å². The number of hydrogen-bond acceptors (Lipinski definition) is 4. The second-order valence-corrected chi connectivity index (χ2v) is 3.88. The van der Waals surface area contributed by atoms with E-state index in [1.165, 1.54) is 14.2 Å². The molecule has 4 nitrogen and oxygen atoms in total. The van der Waals surface area contributed by atoms with Crippen molar-refractivity contribution in [3.05, 3.63) is 12.2 Å². The summed E-state index contributed by atoms with van der Waals surface area (Å²) in [5.41, 5.74) is 0. The molecule has 0 aliphatic heterocycles. The summed E-state index contributed by atoms with van der Waals surface area (Å²) in [6, 6.07) is 0. The monoisotopic (exact) mass is 232 g/mol. The van der Waals surface area contributed by atoms with Gasteiger partial charge in [0.15, 0.2) is 0 Å². The van der Waals surface area contributed by atoms with Crippen molar-refractivity contribution in [3.8, 4) is 0 Å². The number of esters is 2. The predicted octanol–water partition coefficient (Wildman–Crippen LogP) is 1.13. The number of alkyl halides is 1. The molecule has 1 aliphatic carbocycles. The lowest BCUT2D eigenvalue weighted by atomic mass is 9.88. The molecule has 1 rings (SSSR count). The zero-order valence-corrected chi connectivity index (χ0v) is 9.36. The molecular formula is C10H13ClO4. The summed E-state index contributed by atoms with van der Waals surface area (Å²) < 4.78 is 9.19. The molecule has 3 atom stereocenters. The van der Waals surface area contributed by atoms with E-state index in [0.29, 0.717) is 6.42 Å². The Kier molecular flexibility index (Phi) is 4.15. The Bertz CT molecular complexity index is 287. The fourth-order valence-corrected chi connectivity index (χ4v) is 1.91. The fourth-order valence-electron chi connectivity index (χ4n) is 1.53. The summed E-state index contributed by atoms with van der Waals surface area (Å²) >= 11 is 5.99. The summed E-state index contributed by atoms with van der Waals surface area (Å²) in [5.74, 6) is -1.55. The Morgan fingerprint density at radius 3 is 2.27 bits per heavy atom. The van der Waals surface area contributed by atoms with Crippen molar-refractivity contribution >= 4 is 23.5 Å². The zero-order chi connectivity index (χ0) is 11.4. The van der Waals surface area contributed by atoms with E-state index in [-0.39, 0.29) is 17.9 Å². The van der Waals surface area contributed by atoms with Crippen LogP contribution in [0.3, 0.4) is 0 Å². The molecule has 0 heterocycles. The van der Waals surface area contributed by atoms with Crippen molar-refractivity contribution in [2.24, 2.45) is 11.8 Å². The van der Waals surface area contributed by atoms with Gasteiger partial charge in [0.2, 0.25) is 0 Å². The topological polar surface area (TPSA) is 52.6 Å². The molecule has 0 aromatic carbocycles. The van der Waals surface area contributed by atoms with Crippen LogP contribution in [0, 0.1) is 11.8 Å². The summed E-state index contributed by atoms with van der Waals surface area (Å²) in [4.78, 5) is 22.5. The average Bonchev–Trinajstić information content (AvgIpc) is 2.26. The first-order valence-corrected chi connectivity index (χ1v) is 5.01. The first-order valence-electron chi connectivity index (χ1n) is 4.58. The molecule has 0 fully saturated rings. The number of carbonyl (C=O) groups excluding carboxylic acids is 2. The number of ether oxygens (including phenoxy) is 2. The maximum Gasteiger partial charge on any atom is 0.314 e. The van der Waals surface area contributed by atoms with Crippen molar-refractivity contribution in [2.75, 3.05) is 14.2 Å². The Labute approximate surface area is 93.2 Å². The molecule has 1 aliphatic rings. The van der Waals surface area contributed by atoms with Crippen molar-refractivity contribution < 1.29 is 19.1 Å². The first-order chi connectivity index (χ1) is 7.10. The normalized spacial score (nSPS) is 29.7. The van der Waals surface area contributed by atoms with Crippen molar-refractivity contribution in [1.29, 1.82) is 0 Å². The highest BCUT2D eigenvalue weighted by molar-refractivity contribution is 6.22. The molecule has 84 valence electrons. The van der Waals surface area contributed by atoms with Gasteiger partial charge in [0.05, 0.1) is 31.4 Å². The van der Waals surface area contributed by atoms with Crippen LogP contribution in [0.2, 0.25) is 0 Å². The van der Waals surface area contributed by atoms with Crippen LogP contribution >= 0.6 is 11.6 Å². The SMILES string of the molecule is COC(=O)C1C=CC(C(=O)OC)C(Cl)C1. The van der Waals surface area contributed by atoms with Crippen LogP contribution in [0.4, 0.5) is 0 Å². The van der Waals surface area contributed by atoms with Gasteiger partial charge in [-0.05, 0) is 6.42 Å². The number of hydrogen-bond donors (Lipinski definition) is 0. The van der Waals surface area contributed by atoms with Gasteiger partial charge in [-0.15, -0.1) is 11.6 Å². The van der Waals surface area contributed by atoms with E-state index in [1.54, 1.807) is 12.2 Å². The second kappa shape index (κ2) is 5.16. The highest BCUT2D eigenvalue weighted by Gasteiger charge is 2.33. The highest BCUT2D eigenvalue weighted by Crippen LogP contribution is 2.28. The lowest BCUT2D eigenvalue weighted by Gasteiger charge is -2.24. The first kappa shape index (κ1) is 12.0. The lowest BCUT2D eigenvalue weighted by Crippen LogP contribution is -2.31. The van der Waals surface area contributed by atoms with Gasteiger partial charge >= 0.3 is 11.9 Å². The quantitative estimate of drug-likeness (QED) is 0.407. The Morgan fingerprint density at radius 1 is 1.20 bits per heavy atom. The van der Waals surface area contributed by atoms with Gasteiger partial charge in [-0.3, -0.25) is 9.59 Å². The highest BCUT2D eigenvalue weighted by atomic mass is 35.5. The largest absolute Gasteiger partial charge is 0.469 e. The molecule has 0 N–H and O–H groups in total. The molecule has 3 unspecified atom stereocenters. The maximum absolute atomic E-state index is 11.2. The molecular weight excluding hydrogens is 220 g/mol. The molecule has 0 radical (unpaired) electrons. The van der Waals surface area contributed by atoms with Crippen molar-refractivity contribution in [1.82, 2.24) is 0 Å². The molecule has 0 aromatic rings. The third-order valence-electron chi connectivity index (χ3n) is 2.40. The standard InChI is InChI=1S/C10H13ClO4/c1-14-9(12)6-3-4-7(8(11)5-6)10(13)15-2/h3-4,6-8H,5H2,1-2H3. The van der Waals surface area contributed by atoms with Crippen LogP contribution in [0.1, 0.15) is 6.42 Å². The van der Waals surface area contributed by atoms with Crippen LogP contribution in [0.5, 0.6) is 0 Å². The van der Waals surface area contributed by atoms with E-state index in [2.05, 4.69) is 9.47 Å². The van der Waals surface area contributed by atoms with E-state index in [4.69, 9.17) is 11.6 Å². The summed E-state index contributed by atoms with van der Waals surface area (Å²) in [6.07, 6.45) is 3.64. The van der Waals surface area contributed by atoms with Gasteiger partial charge in [-0.25, -0.2) is 0 Å². The second-order valence-electron chi connectivity index (χ2n) is 3.32. The van der Waals surface area contributed by atoms with Gasteiger partial charge in [-0.2, -0.15) is 0 Å². The Hall–Kier alpha value is -1.03. The molecule has 15 heavy (non-hydrogen) atoms. The van der Waals surface area contributed by atoms with E-state index in [1.807, 2.05) is 0 Å². The van der Waals surface area contributed by atoms with Crippen LogP contribution in [-0.4, -0.2) is 31.5 Å². The lowest BCUT2D eigenvalue weighted by molar-refractivity contribution is -0.147. The summed E-state index contributed by atoms with van der Waals surface area (Å²) in [5, 5.41) is -0.424. The van der Waals surface area contributed by atoms with Gasteiger partial charge < -0.3 is 9.47 Å². The molecule has 5 heteroatoms. The zero-order valence-electron chi connectivity index (χ0n) is 8.60. The maximum atomic E-state index is 11.2. The molecule has 0 saturated carbocycles. The van der Waals surface area contributed by atoms with Crippen LogP contribution in [-0.2, 0) is 19.1 Å². The molecule has 0 aromatic heterocycles. The predicted molar refractivity (Wildman–Crippen MR) is 54.4 cm³/mol. The minimum absolute atomic E-state index is 0.333. The number of methoxy groups -OCH3 is 2. The number of halogens is 1. The Morgan fingerprint density at radius 2 is 1.80 bits per heavy atom. The van der Waals surface area contributed by atoms with Gasteiger partial charge in [0.25, 0.3) is 0 Å². The molecule has 0 saturated heterocycles. The summed E-state index contributed by atoms with van der Waals surface area (Å²) in [6.45, 7) is 0. The third-order valence-corrected chi connectivity index (χ3v) is 2.85. The number of rotatable bonds is 2. The molecule has 0 amide bonds. The van der Waals surface area contributed by atoms with E-state index < -0.39 is 11.3 Å². The van der Waals surface area contributed by atoms with Gasteiger partial charge in [-0.1, -0.05) is 12.2 Å². The average molecular weight is 233 g/mol. The minimum atomic E-state index is -0.474. The molecule has 0 spiro atoms. The van der Waals surface area contributed by atoms with E-state index in [0.717, 1.165) is 0 Å². The van der Waals surface area contributed by atoms with E-state index >= 15 is 0 Å². The van der Waals surface area contributed by atoms with Crippen molar-refractivity contribution in [2.45, 2.75) is 11.8 Å². The summed E-state index contributed by atoms with van der Waals surface area (Å²) in [7, 11) is 2.64.